The van der Waals surface area contributed by atoms with Gasteiger partial charge in [0.05, 0.1) is 11.7 Å². The molecule has 3 rings (SSSR count). The summed E-state index contributed by atoms with van der Waals surface area (Å²) < 4.78 is 11.7. The van der Waals surface area contributed by atoms with Gasteiger partial charge < -0.3 is 5.32 Å². The molecule has 0 spiro atoms. The van der Waals surface area contributed by atoms with Crippen LogP contribution in [0.25, 0.3) is 0 Å². The maximum Gasteiger partial charge on any atom is 0.0940 e. The molecule has 0 saturated carbocycles. The Morgan fingerprint density at radius 2 is 1.74 bits per heavy atom. The monoisotopic (exact) mass is 322 g/mol. The highest BCUT2D eigenvalue weighted by molar-refractivity contribution is 7.84. The van der Waals surface area contributed by atoms with E-state index in [0.29, 0.717) is 0 Å². The molecule has 0 fully saturated rings. The molecule has 0 unspecified atom stereocenters. The summed E-state index contributed by atoms with van der Waals surface area (Å²) in [5.74, 6) is 0. The fourth-order valence-corrected chi connectivity index (χ4v) is 3.01. The topological polar surface area (TPSA) is 42.0 Å². The van der Waals surface area contributed by atoms with Gasteiger partial charge in [0, 0.05) is 33.8 Å². The van der Waals surface area contributed by atoms with Crippen LogP contribution >= 0.6 is 0 Å². The molecule has 0 aliphatic carbocycles. The molecule has 1 heterocycles. The first-order chi connectivity index (χ1) is 11.2. The van der Waals surface area contributed by atoms with E-state index in [1.165, 1.54) is 0 Å². The fourth-order valence-electron chi connectivity index (χ4n) is 2.45. The van der Waals surface area contributed by atoms with Crippen molar-refractivity contribution in [2.24, 2.45) is 0 Å². The lowest BCUT2D eigenvalue weighted by Crippen LogP contribution is -2.13. The molecule has 3 aromatic rings. The summed E-state index contributed by atoms with van der Waals surface area (Å²) in [6, 6.07) is 23.7. The van der Waals surface area contributed by atoms with Crippen molar-refractivity contribution >= 4 is 16.5 Å². The van der Waals surface area contributed by atoms with E-state index >= 15 is 0 Å². The first kappa shape index (κ1) is 15.4. The standard InChI is InChI=1S/C19H18N2OS/c1-23(22)17-11-7-10-16(14-17)21-19(15-8-3-2-4-9-15)18-12-5-6-13-20-18/h2-14,19,21H,1H3/t19-,23+/m1/s1. The fraction of sp³-hybridized carbons (Fsp3) is 0.105. The van der Waals surface area contributed by atoms with E-state index in [2.05, 4.69) is 22.4 Å². The molecular weight excluding hydrogens is 304 g/mol. The maximum atomic E-state index is 11.7. The first-order valence-corrected chi connectivity index (χ1v) is 8.96. The van der Waals surface area contributed by atoms with Crippen LogP contribution in [0.15, 0.2) is 83.9 Å². The maximum absolute atomic E-state index is 11.7. The number of pyridine rings is 1. The molecule has 0 saturated heterocycles. The number of hydrogen-bond donors (Lipinski definition) is 1. The predicted octanol–water partition coefficient (Wildman–Crippen LogP) is 4.02. The largest absolute Gasteiger partial charge is 0.373 e. The van der Waals surface area contributed by atoms with Crippen molar-refractivity contribution in [1.82, 2.24) is 4.98 Å². The highest BCUT2D eigenvalue weighted by Gasteiger charge is 2.15. The van der Waals surface area contributed by atoms with Crippen LogP contribution in [0.2, 0.25) is 0 Å². The lowest BCUT2D eigenvalue weighted by Gasteiger charge is -2.20. The van der Waals surface area contributed by atoms with Crippen LogP contribution in [0.1, 0.15) is 17.3 Å². The van der Waals surface area contributed by atoms with Gasteiger partial charge in [-0.1, -0.05) is 42.5 Å². The van der Waals surface area contributed by atoms with Gasteiger partial charge in [0.25, 0.3) is 0 Å². The van der Waals surface area contributed by atoms with E-state index < -0.39 is 10.8 Å². The predicted molar refractivity (Wildman–Crippen MR) is 94.9 cm³/mol. The van der Waals surface area contributed by atoms with Gasteiger partial charge in [0.2, 0.25) is 0 Å². The van der Waals surface area contributed by atoms with Crippen LogP contribution in [0.5, 0.6) is 0 Å². The molecule has 23 heavy (non-hydrogen) atoms. The van der Waals surface area contributed by atoms with Gasteiger partial charge in [-0.15, -0.1) is 0 Å². The Balaban J connectivity index is 1.97. The first-order valence-electron chi connectivity index (χ1n) is 7.40. The van der Waals surface area contributed by atoms with Crippen LogP contribution in [-0.4, -0.2) is 15.4 Å². The minimum atomic E-state index is -0.999. The second-order valence-corrected chi connectivity index (χ2v) is 6.60. The number of nitrogens with one attached hydrogen (secondary N) is 1. The Labute approximate surface area is 138 Å². The Hall–Kier alpha value is -2.46. The van der Waals surface area contributed by atoms with Crippen LogP contribution in [0.4, 0.5) is 5.69 Å². The lowest BCUT2D eigenvalue weighted by molar-refractivity contribution is 0.687. The third-order valence-corrected chi connectivity index (χ3v) is 4.51. The van der Waals surface area contributed by atoms with Crippen LogP contribution < -0.4 is 5.32 Å². The van der Waals surface area contributed by atoms with Crippen molar-refractivity contribution in [1.29, 1.82) is 0 Å². The Bertz CT molecular complexity index is 751. The average molecular weight is 322 g/mol. The van der Waals surface area contributed by atoms with E-state index in [-0.39, 0.29) is 6.04 Å². The molecule has 0 bridgehead atoms. The second kappa shape index (κ2) is 7.20. The van der Waals surface area contributed by atoms with Crippen LogP contribution in [0, 0.1) is 0 Å². The van der Waals surface area contributed by atoms with Gasteiger partial charge in [-0.3, -0.25) is 9.19 Å². The van der Waals surface area contributed by atoms with E-state index in [4.69, 9.17) is 0 Å². The zero-order valence-electron chi connectivity index (χ0n) is 12.8. The van der Waals surface area contributed by atoms with Gasteiger partial charge in [-0.2, -0.15) is 0 Å². The molecule has 3 nitrogen and oxygen atoms in total. The Kier molecular flexibility index (Phi) is 4.83. The number of hydrogen-bond acceptors (Lipinski definition) is 3. The summed E-state index contributed by atoms with van der Waals surface area (Å²) in [5, 5.41) is 3.51. The highest BCUT2D eigenvalue weighted by Crippen LogP contribution is 2.26. The smallest absolute Gasteiger partial charge is 0.0940 e. The average Bonchev–Trinajstić information content (AvgIpc) is 2.61. The van der Waals surface area contributed by atoms with E-state index in [0.717, 1.165) is 21.8 Å². The van der Waals surface area contributed by atoms with Crippen LogP contribution in [-0.2, 0) is 10.8 Å². The molecule has 4 heteroatoms. The number of aromatic nitrogens is 1. The SMILES string of the molecule is C[S@](=O)c1cccc(N[C@H](c2ccccc2)c2ccccn2)c1. The molecule has 0 amide bonds. The Morgan fingerprint density at radius 3 is 2.43 bits per heavy atom. The molecule has 0 radical (unpaired) electrons. The summed E-state index contributed by atoms with van der Waals surface area (Å²) in [6.07, 6.45) is 3.48. The summed E-state index contributed by atoms with van der Waals surface area (Å²) in [7, 11) is -0.999. The summed E-state index contributed by atoms with van der Waals surface area (Å²) in [4.78, 5) is 5.29. The highest BCUT2D eigenvalue weighted by atomic mass is 32.2. The molecule has 2 atom stereocenters. The van der Waals surface area contributed by atoms with Crippen LogP contribution in [0.3, 0.4) is 0 Å². The van der Waals surface area contributed by atoms with Gasteiger partial charge in [-0.05, 0) is 35.9 Å². The van der Waals surface area contributed by atoms with Gasteiger partial charge >= 0.3 is 0 Å². The molecule has 0 aliphatic heterocycles. The number of benzene rings is 2. The van der Waals surface area contributed by atoms with Gasteiger partial charge in [0.15, 0.2) is 0 Å². The normalized spacial score (nSPS) is 13.3. The summed E-state index contributed by atoms with van der Waals surface area (Å²) >= 11 is 0. The van der Waals surface area contributed by atoms with Crippen molar-refractivity contribution in [3.63, 3.8) is 0 Å². The third kappa shape index (κ3) is 3.85. The minimum absolute atomic E-state index is 0.0575. The quantitative estimate of drug-likeness (QED) is 0.771. The molecular formula is C19H18N2OS. The van der Waals surface area contributed by atoms with E-state index in [9.17, 15) is 4.21 Å². The van der Waals surface area contributed by atoms with Crippen molar-refractivity contribution in [3.8, 4) is 0 Å². The van der Waals surface area contributed by atoms with Crippen molar-refractivity contribution < 1.29 is 4.21 Å². The van der Waals surface area contributed by atoms with Gasteiger partial charge in [0.1, 0.15) is 0 Å². The zero-order valence-corrected chi connectivity index (χ0v) is 13.7. The van der Waals surface area contributed by atoms with E-state index in [1.54, 1.807) is 12.5 Å². The number of nitrogens with zero attached hydrogens (tertiary/aromatic N) is 1. The third-order valence-electron chi connectivity index (χ3n) is 3.59. The molecule has 116 valence electrons. The van der Waals surface area contributed by atoms with Crippen molar-refractivity contribution in [3.05, 3.63) is 90.3 Å². The second-order valence-electron chi connectivity index (χ2n) is 5.22. The molecule has 1 N–H and O–H groups in total. The zero-order chi connectivity index (χ0) is 16.1. The molecule has 0 aliphatic rings. The van der Waals surface area contributed by atoms with Crippen molar-refractivity contribution in [2.75, 3.05) is 11.6 Å². The molecule has 1 aromatic heterocycles. The lowest BCUT2D eigenvalue weighted by atomic mass is 10.0. The Morgan fingerprint density at radius 1 is 0.957 bits per heavy atom. The minimum Gasteiger partial charge on any atom is -0.373 e. The van der Waals surface area contributed by atoms with Crippen molar-refractivity contribution in [2.45, 2.75) is 10.9 Å². The number of rotatable bonds is 5. The van der Waals surface area contributed by atoms with Gasteiger partial charge in [-0.25, -0.2) is 0 Å². The number of anilines is 1. The van der Waals surface area contributed by atoms with E-state index in [1.807, 2.05) is 60.7 Å². The summed E-state index contributed by atoms with van der Waals surface area (Å²) in [5.41, 5.74) is 3.01. The summed E-state index contributed by atoms with van der Waals surface area (Å²) in [6.45, 7) is 0. The molecule has 2 aromatic carbocycles.